The van der Waals surface area contributed by atoms with Crippen LogP contribution in [-0.4, -0.2) is 9.97 Å². The lowest BCUT2D eigenvalue weighted by atomic mass is 9.85. The average molecular weight is 265 g/mol. The molecule has 1 heterocycles. The summed E-state index contributed by atoms with van der Waals surface area (Å²) in [4.78, 5) is 8.56. The molecule has 0 saturated heterocycles. The van der Waals surface area contributed by atoms with Crippen LogP contribution in [0.25, 0.3) is 11.3 Å². The highest BCUT2D eigenvalue weighted by molar-refractivity contribution is 5.64. The molecule has 0 aliphatic carbocycles. The first-order valence-electron chi connectivity index (χ1n) is 6.72. The Morgan fingerprint density at radius 3 is 2.55 bits per heavy atom. The van der Waals surface area contributed by atoms with Crippen molar-refractivity contribution in [2.24, 2.45) is 0 Å². The van der Waals surface area contributed by atoms with Gasteiger partial charge in [-0.05, 0) is 29.5 Å². The number of nitriles is 1. The van der Waals surface area contributed by atoms with Crippen molar-refractivity contribution in [3.63, 3.8) is 0 Å². The molecule has 0 fully saturated rings. The van der Waals surface area contributed by atoms with E-state index in [1.54, 1.807) is 6.20 Å². The molecule has 20 heavy (non-hydrogen) atoms. The van der Waals surface area contributed by atoms with Crippen LogP contribution in [0.2, 0.25) is 0 Å². The first-order chi connectivity index (χ1) is 9.41. The van der Waals surface area contributed by atoms with E-state index in [9.17, 15) is 0 Å². The zero-order valence-electron chi connectivity index (χ0n) is 12.4. The van der Waals surface area contributed by atoms with Crippen molar-refractivity contribution in [3.8, 4) is 17.3 Å². The number of nitrogens with zero attached hydrogens (tertiary/aromatic N) is 3. The van der Waals surface area contributed by atoms with E-state index in [1.807, 2.05) is 6.07 Å². The number of benzene rings is 1. The standard InChI is InChI=1S/C17H19N3/c1-12-11-13(17(2,3)4)5-6-14(12)15-8-10-19-16(20-15)7-9-18/h5-6,8,10-11H,7H2,1-4H3. The van der Waals surface area contributed by atoms with E-state index in [2.05, 4.69) is 61.9 Å². The highest BCUT2D eigenvalue weighted by Crippen LogP contribution is 2.28. The molecule has 0 bridgehead atoms. The fourth-order valence-electron chi connectivity index (χ4n) is 2.12. The van der Waals surface area contributed by atoms with Gasteiger partial charge in [0.2, 0.25) is 0 Å². The third-order valence-corrected chi connectivity index (χ3v) is 3.31. The van der Waals surface area contributed by atoms with Gasteiger partial charge in [-0.1, -0.05) is 39.0 Å². The second-order valence-corrected chi connectivity index (χ2v) is 5.97. The van der Waals surface area contributed by atoms with E-state index in [-0.39, 0.29) is 11.8 Å². The average Bonchev–Trinajstić information content (AvgIpc) is 2.38. The van der Waals surface area contributed by atoms with Crippen LogP contribution in [0.3, 0.4) is 0 Å². The molecule has 0 spiro atoms. The molecule has 2 rings (SSSR count). The molecular formula is C17H19N3. The second kappa shape index (κ2) is 5.42. The summed E-state index contributed by atoms with van der Waals surface area (Å²) in [7, 11) is 0. The van der Waals surface area contributed by atoms with Gasteiger partial charge in [0.15, 0.2) is 0 Å². The summed E-state index contributed by atoms with van der Waals surface area (Å²) in [6.07, 6.45) is 1.96. The summed E-state index contributed by atoms with van der Waals surface area (Å²) < 4.78 is 0. The molecule has 0 atom stereocenters. The molecule has 102 valence electrons. The highest BCUT2D eigenvalue weighted by Gasteiger charge is 2.15. The topological polar surface area (TPSA) is 49.6 Å². The smallest absolute Gasteiger partial charge is 0.142 e. The number of hydrogen-bond acceptors (Lipinski definition) is 3. The van der Waals surface area contributed by atoms with Gasteiger partial charge in [-0.3, -0.25) is 0 Å². The summed E-state index contributed by atoms with van der Waals surface area (Å²) >= 11 is 0. The lowest BCUT2D eigenvalue weighted by Crippen LogP contribution is -2.11. The SMILES string of the molecule is Cc1cc(C(C)(C)C)ccc1-c1ccnc(CC#N)n1. The van der Waals surface area contributed by atoms with Gasteiger partial charge in [-0.15, -0.1) is 0 Å². The summed E-state index contributed by atoms with van der Waals surface area (Å²) in [5.74, 6) is 0.573. The molecule has 0 aliphatic heterocycles. The van der Waals surface area contributed by atoms with Crippen molar-refractivity contribution < 1.29 is 0 Å². The molecule has 2 aromatic rings. The van der Waals surface area contributed by atoms with Crippen molar-refractivity contribution in [3.05, 3.63) is 47.4 Å². The molecule has 0 N–H and O–H groups in total. The maximum absolute atomic E-state index is 8.73. The molecule has 0 amide bonds. The summed E-state index contributed by atoms with van der Waals surface area (Å²) in [6, 6.07) is 10.4. The molecule has 3 nitrogen and oxygen atoms in total. The molecule has 3 heteroatoms. The largest absolute Gasteiger partial charge is 0.240 e. The number of hydrogen-bond donors (Lipinski definition) is 0. The minimum absolute atomic E-state index is 0.140. The van der Waals surface area contributed by atoms with Gasteiger partial charge in [-0.25, -0.2) is 9.97 Å². The molecule has 0 saturated carbocycles. The Morgan fingerprint density at radius 1 is 1.20 bits per heavy atom. The Bertz CT molecular complexity index is 661. The Morgan fingerprint density at radius 2 is 1.95 bits per heavy atom. The molecule has 1 aromatic heterocycles. The maximum atomic E-state index is 8.73. The van der Waals surface area contributed by atoms with Gasteiger partial charge in [0.25, 0.3) is 0 Å². The van der Waals surface area contributed by atoms with Crippen LogP contribution >= 0.6 is 0 Å². The first kappa shape index (κ1) is 14.2. The van der Waals surface area contributed by atoms with E-state index in [4.69, 9.17) is 5.26 Å². The Labute approximate surface area is 120 Å². The molecule has 0 unspecified atom stereocenters. The van der Waals surface area contributed by atoms with Crippen molar-refractivity contribution in [2.45, 2.75) is 39.5 Å². The van der Waals surface area contributed by atoms with Crippen LogP contribution < -0.4 is 0 Å². The minimum Gasteiger partial charge on any atom is -0.240 e. The van der Waals surface area contributed by atoms with Crippen LogP contribution in [0, 0.1) is 18.3 Å². The highest BCUT2D eigenvalue weighted by atomic mass is 14.9. The normalized spacial score (nSPS) is 11.2. The fourth-order valence-corrected chi connectivity index (χ4v) is 2.12. The molecule has 0 radical (unpaired) electrons. The second-order valence-electron chi connectivity index (χ2n) is 5.97. The van der Waals surface area contributed by atoms with Gasteiger partial charge in [0.1, 0.15) is 5.82 Å². The Balaban J connectivity index is 2.44. The van der Waals surface area contributed by atoms with Gasteiger partial charge in [-0.2, -0.15) is 5.26 Å². The van der Waals surface area contributed by atoms with Crippen LogP contribution in [0.15, 0.2) is 30.5 Å². The number of rotatable bonds is 2. The van der Waals surface area contributed by atoms with Crippen LogP contribution in [-0.2, 0) is 11.8 Å². The monoisotopic (exact) mass is 265 g/mol. The van der Waals surface area contributed by atoms with E-state index in [1.165, 1.54) is 11.1 Å². The summed E-state index contributed by atoms with van der Waals surface area (Å²) in [5, 5.41) is 8.73. The third kappa shape index (κ3) is 3.03. The van der Waals surface area contributed by atoms with Crippen molar-refractivity contribution in [1.82, 2.24) is 9.97 Å². The van der Waals surface area contributed by atoms with Crippen LogP contribution in [0.5, 0.6) is 0 Å². The zero-order chi connectivity index (χ0) is 14.8. The molecule has 1 aromatic carbocycles. The summed E-state index contributed by atoms with van der Waals surface area (Å²) in [6.45, 7) is 8.71. The minimum atomic E-state index is 0.140. The van der Waals surface area contributed by atoms with Gasteiger partial charge >= 0.3 is 0 Å². The lowest BCUT2D eigenvalue weighted by Gasteiger charge is -2.20. The van der Waals surface area contributed by atoms with Crippen LogP contribution in [0.1, 0.15) is 37.7 Å². The van der Waals surface area contributed by atoms with E-state index in [0.29, 0.717) is 5.82 Å². The zero-order valence-corrected chi connectivity index (χ0v) is 12.4. The number of aromatic nitrogens is 2. The maximum Gasteiger partial charge on any atom is 0.142 e. The first-order valence-corrected chi connectivity index (χ1v) is 6.72. The van der Waals surface area contributed by atoms with Crippen molar-refractivity contribution in [2.75, 3.05) is 0 Å². The van der Waals surface area contributed by atoms with Crippen molar-refractivity contribution in [1.29, 1.82) is 5.26 Å². The predicted octanol–water partition coefficient (Wildman–Crippen LogP) is 3.82. The van der Waals surface area contributed by atoms with Crippen molar-refractivity contribution >= 4 is 0 Å². The lowest BCUT2D eigenvalue weighted by molar-refractivity contribution is 0.590. The Hall–Kier alpha value is -2.21. The number of aryl methyl sites for hydroxylation is 1. The summed E-state index contributed by atoms with van der Waals surface area (Å²) in [5.41, 5.74) is 4.62. The van der Waals surface area contributed by atoms with Crippen LogP contribution in [0.4, 0.5) is 0 Å². The van der Waals surface area contributed by atoms with E-state index in [0.717, 1.165) is 11.3 Å². The van der Waals surface area contributed by atoms with E-state index < -0.39 is 0 Å². The third-order valence-electron chi connectivity index (χ3n) is 3.31. The quantitative estimate of drug-likeness (QED) is 0.829. The van der Waals surface area contributed by atoms with Gasteiger partial charge in [0.05, 0.1) is 18.2 Å². The van der Waals surface area contributed by atoms with Gasteiger partial charge in [0, 0.05) is 11.8 Å². The fraction of sp³-hybridized carbons (Fsp3) is 0.353. The predicted molar refractivity (Wildman–Crippen MR) is 80.2 cm³/mol. The molecular weight excluding hydrogens is 246 g/mol. The Kier molecular flexibility index (Phi) is 3.85. The molecule has 0 aliphatic rings. The van der Waals surface area contributed by atoms with E-state index >= 15 is 0 Å². The van der Waals surface area contributed by atoms with Gasteiger partial charge < -0.3 is 0 Å².